The predicted octanol–water partition coefficient (Wildman–Crippen LogP) is 19.5. The van der Waals surface area contributed by atoms with Gasteiger partial charge in [-0.25, -0.2) is 0 Å². The monoisotopic (exact) mass is 904 g/mol. The first-order valence-corrected chi connectivity index (χ1v) is 24.7. The van der Waals surface area contributed by atoms with E-state index in [1.54, 1.807) is 0 Å². The van der Waals surface area contributed by atoms with Gasteiger partial charge in [0.05, 0.1) is 0 Å². The van der Waals surface area contributed by atoms with Gasteiger partial charge in [0, 0.05) is 39.5 Å². The lowest BCUT2D eigenvalue weighted by molar-refractivity contribution is 0.645. The van der Waals surface area contributed by atoms with Crippen LogP contribution in [-0.2, 0) is 5.41 Å². The van der Waals surface area contributed by atoms with Crippen LogP contribution in [0.5, 0.6) is 0 Å². The summed E-state index contributed by atoms with van der Waals surface area (Å²) in [5.74, 6) is 0. The number of para-hydroxylation sites is 2. The van der Waals surface area contributed by atoms with Crippen molar-refractivity contribution in [1.82, 2.24) is 0 Å². The molecule has 2 heteroatoms. The zero-order chi connectivity index (χ0) is 47.2. The summed E-state index contributed by atoms with van der Waals surface area (Å²) in [6.07, 6.45) is 0. The largest absolute Gasteiger partial charge is 0.310 e. The highest BCUT2D eigenvalue weighted by molar-refractivity contribution is 6.24. The molecular formula is C69H48N2. The Hall–Kier alpha value is -8.98. The Kier molecular flexibility index (Phi) is 9.28. The van der Waals surface area contributed by atoms with Crippen LogP contribution in [0.2, 0.25) is 0 Å². The molecule has 14 rings (SSSR count). The van der Waals surface area contributed by atoms with Gasteiger partial charge in [0.15, 0.2) is 0 Å². The SMILES string of the molecule is CC1(C)c2cc(N(c3ccccc3)c3ccc4ccc5ccccc5c4c3)ccc2-c2c(-c3ccccc3)c3ccc(N(c4ccccc4)c4ccc5ccc6ccccc6c5c4)cc3c3cccc1c23. The van der Waals surface area contributed by atoms with Gasteiger partial charge in [-0.05, 0) is 171 Å². The van der Waals surface area contributed by atoms with Crippen molar-refractivity contribution in [2.24, 2.45) is 0 Å². The van der Waals surface area contributed by atoms with Gasteiger partial charge in [-0.1, -0.05) is 196 Å². The molecule has 0 N–H and O–H groups in total. The Morgan fingerprint density at radius 2 is 0.704 bits per heavy atom. The standard InChI is InChI=1S/C69H48N2/c1-69(2)64-28-16-27-58-63-43-54(70(50-21-8-4-9-22-50)52-35-33-47-31-29-45-17-12-14-25-56(45)61(47)41-52)37-39-59(63)66(49-19-6-3-7-20-49)68(67(58)64)60-40-38-55(44-65(60)69)71(51-23-10-5-11-24-51)53-36-34-48-32-30-46-18-13-15-26-57(46)62(48)42-53/h3-44H,1-2H3. The van der Waals surface area contributed by atoms with Gasteiger partial charge in [-0.15, -0.1) is 0 Å². The Labute approximate surface area is 413 Å². The van der Waals surface area contributed by atoms with Gasteiger partial charge in [-0.2, -0.15) is 0 Å². The van der Waals surface area contributed by atoms with Gasteiger partial charge in [-0.3, -0.25) is 0 Å². The first-order valence-electron chi connectivity index (χ1n) is 24.7. The topological polar surface area (TPSA) is 6.48 Å². The highest BCUT2D eigenvalue weighted by atomic mass is 15.1. The lowest BCUT2D eigenvalue weighted by Crippen LogP contribution is -2.24. The number of anilines is 6. The summed E-state index contributed by atoms with van der Waals surface area (Å²) in [5, 5.41) is 15.1. The van der Waals surface area contributed by atoms with Crippen molar-refractivity contribution in [3.8, 4) is 22.3 Å². The van der Waals surface area contributed by atoms with E-state index < -0.39 is 0 Å². The zero-order valence-corrected chi connectivity index (χ0v) is 39.6. The van der Waals surface area contributed by atoms with E-state index in [-0.39, 0.29) is 5.41 Å². The van der Waals surface area contributed by atoms with Crippen LogP contribution >= 0.6 is 0 Å². The van der Waals surface area contributed by atoms with E-state index in [1.807, 2.05) is 0 Å². The zero-order valence-electron chi connectivity index (χ0n) is 39.6. The molecule has 334 valence electrons. The molecule has 0 amide bonds. The molecule has 0 bridgehead atoms. The molecule has 0 aromatic heterocycles. The lowest BCUT2D eigenvalue weighted by atomic mass is 9.66. The molecule has 71 heavy (non-hydrogen) atoms. The minimum absolute atomic E-state index is 0.330. The molecule has 0 fully saturated rings. The Balaban J connectivity index is 0.999. The number of benzene rings is 13. The second kappa shape index (κ2) is 16.1. The van der Waals surface area contributed by atoms with Gasteiger partial charge in [0.1, 0.15) is 0 Å². The van der Waals surface area contributed by atoms with Crippen molar-refractivity contribution in [2.45, 2.75) is 19.3 Å². The second-order valence-electron chi connectivity index (χ2n) is 19.7. The third-order valence-electron chi connectivity index (χ3n) is 15.3. The molecule has 0 saturated carbocycles. The maximum absolute atomic E-state index is 2.48. The van der Waals surface area contributed by atoms with Crippen LogP contribution in [0.4, 0.5) is 34.1 Å². The number of hydrogen-bond donors (Lipinski definition) is 0. The van der Waals surface area contributed by atoms with E-state index >= 15 is 0 Å². The van der Waals surface area contributed by atoms with Gasteiger partial charge < -0.3 is 9.80 Å². The third kappa shape index (κ3) is 6.49. The molecule has 1 aliphatic rings. The highest BCUT2D eigenvalue weighted by Gasteiger charge is 2.37. The second-order valence-corrected chi connectivity index (χ2v) is 19.7. The fraction of sp³-hybridized carbons (Fsp3) is 0.0435. The Bertz CT molecular complexity index is 4250. The van der Waals surface area contributed by atoms with E-state index in [2.05, 4.69) is 278 Å². The molecule has 0 saturated heterocycles. The van der Waals surface area contributed by atoms with Crippen molar-refractivity contribution in [3.63, 3.8) is 0 Å². The first-order chi connectivity index (χ1) is 35.0. The molecule has 13 aromatic carbocycles. The fourth-order valence-electron chi connectivity index (χ4n) is 12.0. The molecule has 0 spiro atoms. The Morgan fingerprint density at radius 1 is 0.268 bits per heavy atom. The smallest absolute Gasteiger partial charge is 0.0468 e. The summed E-state index contributed by atoms with van der Waals surface area (Å²) >= 11 is 0. The van der Waals surface area contributed by atoms with Gasteiger partial charge in [0.2, 0.25) is 0 Å². The van der Waals surface area contributed by atoms with Crippen molar-refractivity contribution in [2.75, 3.05) is 9.80 Å². The molecular weight excluding hydrogens is 857 g/mol. The predicted molar refractivity (Wildman–Crippen MR) is 304 cm³/mol. The van der Waals surface area contributed by atoms with Crippen LogP contribution in [0.25, 0.3) is 86.9 Å². The normalized spacial score (nSPS) is 12.8. The van der Waals surface area contributed by atoms with Gasteiger partial charge in [0.25, 0.3) is 0 Å². The van der Waals surface area contributed by atoms with E-state index in [1.165, 1.54) is 98.0 Å². The summed E-state index contributed by atoms with van der Waals surface area (Å²) in [4.78, 5) is 4.86. The molecule has 0 unspecified atom stereocenters. The molecule has 2 nitrogen and oxygen atoms in total. The van der Waals surface area contributed by atoms with Crippen molar-refractivity contribution < 1.29 is 0 Å². The number of fused-ring (bicyclic) bond motifs is 10. The third-order valence-corrected chi connectivity index (χ3v) is 15.3. The molecule has 0 atom stereocenters. The average Bonchev–Trinajstić information content (AvgIpc) is 3.43. The Morgan fingerprint density at radius 3 is 1.28 bits per heavy atom. The van der Waals surface area contributed by atoms with E-state index in [0.29, 0.717) is 0 Å². The summed E-state index contributed by atoms with van der Waals surface area (Å²) in [6, 6.07) is 94.4. The first kappa shape index (κ1) is 41.0. The summed E-state index contributed by atoms with van der Waals surface area (Å²) in [6.45, 7) is 4.84. The van der Waals surface area contributed by atoms with Gasteiger partial charge >= 0.3 is 0 Å². The van der Waals surface area contributed by atoms with Crippen molar-refractivity contribution >= 4 is 98.8 Å². The summed E-state index contributed by atoms with van der Waals surface area (Å²) in [7, 11) is 0. The minimum atomic E-state index is -0.330. The number of rotatable bonds is 7. The molecule has 1 aliphatic carbocycles. The number of hydrogen-bond acceptors (Lipinski definition) is 2. The highest BCUT2D eigenvalue weighted by Crippen LogP contribution is 2.56. The molecule has 0 heterocycles. The average molecular weight is 905 g/mol. The van der Waals surface area contributed by atoms with Crippen LogP contribution in [0.1, 0.15) is 25.0 Å². The molecule has 13 aromatic rings. The minimum Gasteiger partial charge on any atom is -0.310 e. The maximum atomic E-state index is 2.48. The molecule has 0 radical (unpaired) electrons. The maximum Gasteiger partial charge on any atom is 0.0468 e. The summed E-state index contributed by atoms with van der Waals surface area (Å²) < 4.78 is 0. The quantitative estimate of drug-likeness (QED) is 0.147. The molecule has 0 aliphatic heterocycles. The van der Waals surface area contributed by atoms with E-state index in [9.17, 15) is 0 Å². The number of nitrogens with zero attached hydrogens (tertiary/aromatic N) is 2. The van der Waals surface area contributed by atoms with Crippen LogP contribution in [0.3, 0.4) is 0 Å². The summed E-state index contributed by atoms with van der Waals surface area (Å²) in [5.41, 5.74) is 14.1. The van der Waals surface area contributed by atoms with Crippen molar-refractivity contribution in [1.29, 1.82) is 0 Å². The van der Waals surface area contributed by atoms with Crippen LogP contribution in [-0.4, -0.2) is 0 Å². The van der Waals surface area contributed by atoms with Crippen molar-refractivity contribution in [3.05, 3.63) is 266 Å². The fourth-order valence-corrected chi connectivity index (χ4v) is 12.0. The van der Waals surface area contributed by atoms with E-state index in [4.69, 9.17) is 0 Å². The van der Waals surface area contributed by atoms with E-state index in [0.717, 1.165) is 34.1 Å². The van der Waals surface area contributed by atoms with Crippen LogP contribution in [0, 0.1) is 0 Å². The lowest BCUT2D eigenvalue weighted by Gasteiger charge is -2.38. The van der Waals surface area contributed by atoms with Crippen LogP contribution < -0.4 is 9.80 Å². The van der Waals surface area contributed by atoms with Crippen LogP contribution in [0.15, 0.2) is 255 Å².